The molecule has 0 saturated carbocycles. The smallest absolute Gasteiger partial charge is 0.374 e. The van der Waals surface area contributed by atoms with Gasteiger partial charge in [-0.1, -0.05) is 0 Å². The topological polar surface area (TPSA) is 82.8 Å². The molecule has 1 amide bonds. The van der Waals surface area contributed by atoms with Crippen LogP contribution < -0.4 is 11.3 Å². The second-order valence-electron chi connectivity index (χ2n) is 3.40. The van der Waals surface area contributed by atoms with E-state index in [1.54, 1.807) is 0 Å². The molecule has 0 aliphatic rings. The second kappa shape index (κ2) is 9.55. The van der Waals surface area contributed by atoms with Crippen LogP contribution in [-0.4, -0.2) is 34.5 Å². The summed E-state index contributed by atoms with van der Waals surface area (Å²) >= 11 is 0. The van der Waals surface area contributed by atoms with Crippen molar-refractivity contribution in [3.63, 3.8) is 0 Å². The van der Waals surface area contributed by atoms with Gasteiger partial charge in [0.05, 0.1) is 0 Å². The number of amides is 1. The molecule has 0 spiro atoms. The number of carbonyl (C=O) groups excluding carboxylic acids is 1. The van der Waals surface area contributed by atoms with Gasteiger partial charge >= 0.3 is 8.80 Å². The van der Waals surface area contributed by atoms with E-state index in [4.69, 9.17) is 19.1 Å². The molecule has 0 bridgehead atoms. The maximum absolute atomic E-state index is 11.0. The quantitative estimate of drug-likeness (QED) is 0.264. The molecule has 0 aromatic carbocycles. The first kappa shape index (κ1) is 16.5. The molecule has 0 radical (unpaired) electrons. The van der Waals surface area contributed by atoms with E-state index >= 15 is 0 Å². The summed E-state index contributed by atoms with van der Waals surface area (Å²) in [6.45, 7) is 7.38. The Morgan fingerprint density at radius 2 is 1.59 bits per heavy atom. The number of carbonyl (C=O) groups is 1. The molecule has 0 aliphatic heterocycles. The van der Waals surface area contributed by atoms with E-state index in [0.29, 0.717) is 38.7 Å². The van der Waals surface area contributed by atoms with Gasteiger partial charge in [-0.05, 0) is 27.2 Å². The maximum Gasteiger partial charge on any atom is 0.500 e. The van der Waals surface area contributed by atoms with Crippen LogP contribution in [0.4, 0.5) is 0 Å². The van der Waals surface area contributed by atoms with Crippen molar-refractivity contribution in [1.82, 2.24) is 5.43 Å². The van der Waals surface area contributed by atoms with E-state index in [9.17, 15) is 4.79 Å². The average molecular weight is 264 g/mol. The number of nitrogens with one attached hydrogen (secondary N) is 1. The van der Waals surface area contributed by atoms with Gasteiger partial charge in [0.25, 0.3) is 0 Å². The Morgan fingerprint density at radius 3 is 1.94 bits per heavy atom. The zero-order valence-electron chi connectivity index (χ0n) is 11.0. The maximum atomic E-state index is 11.0. The highest BCUT2D eigenvalue weighted by atomic mass is 28.4. The normalized spacial score (nSPS) is 11.5. The van der Waals surface area contributed by atoms with Crippen molar-refractivity contribution in [2.75, 3.05) is 19.8 Å². The minimum atomic E-state index is -2.60. The molecule has 0 aromatic heterocycles. The fourth-order valence-corrected chi connectivity index (χ4v) is 4.15. The summed E-state index contributed by atoms with van der Waals surface area (Å²) in [4.78, 5) is 11.0. The van der Waals surface area contributed by atoms with Crippen molar-refractivity contribution >= 4 is 14.7 Å². The first-order chi connectivity index (χ1) is 8.14. The minimum Gasteiger partial charge on any atom is -0.374 e. The molecule has 0 aliphatic carbocycles. The van der Waals surface area contributed by atoms with Crippen molar-refractivity contribution in [3.8, 4) is 0 Å². The molecule has 0 aromatic rings. The lowest BCUT2D eigenvalue weighted by Gasteiger charge is -2.28. The Morgan fingerprint density at radius 1 is 1.12 bits per heavy atom. The molecule has 0 atom stereocenters. The molecule has 3 N–H and O–H groups in total. The predicted octanol–water partition coefficient (Wildman–Crippen LogP) is 0.805. The SMILES string of the molecule is CCO[Si](CCCC(=O)NN)(OCC)OCC. The molecule has 0 saturated heterocycles. The zero-order valence-corrected chi connectivity index (χ0v) is 12.0. The number of nitrogens with two attached hydrogens (primary N) is 1. The summed E-state index contributed by atoms with van der Waals surface area (Å²) in [5.41, 5.74) is 2.10. The molecule has 0 heterocycles. The highest BCUT2D eigenvalue weighted by Gasteiger charge is 2.39. The number of hydrogen-bond donors (Lipinski definition) is 2. The molecule has 102 valence electrons. The van der Waals surface area contributed by atoms with Crippen molar-refractivity contribution in [2.24, 2.45) is 5.84 Å². The van der Waals surface area contributed by atoms with E-state index in [1.165, 1.54) is 0 Å². The van der Waals surface area contributed by atoms with Crippen LogP contribution in [0.5, 0.6) is 0 Å². The summed E-state index contributed by atoms with van der Waals surface area (Å²) in [6, 6.07) is 0.635. The lowest BCUT2D eigenvalue weighted by Crippen LogP contribution is -2.46. The van der Waals surface area contributed by atoms with Crippen molar-refractivity contribution in [2.45, 2.75) is 39.7 Å². The lowest BCUT2D eigenvalue weighted by molar-refractivity contribution is -0.121. The summed E-state index contributed by atoms with van der Waals surface area (Å²) in [7, 11) is -2.60. The molecule has 6 nitrogen and oxygen atoms in total. The molecule has 0 fully saturated rings. The number of hydrogen-bond acceptors (Lipinski definition) is 5. The van der Waals surface area contributed by atoms with E-state index < -0.39 is 8.80 Å². The van der Waals surface area contributed by atoms with Gasteiger partial charge in [0.1, 0.15) is 0 Å². The minimum absolute atomic E-state index is 0.183. The second-order valence-corrected chi connectivity index (χ2v) is 6.14. The molecular weight excluding hydrogens is 240 g/mol. The fraction of sp³-hybridized carbons (Fsp3) is 0.900. The Kier molecular flexibility index (Phi) is 9.28. The van der Waals surface area contributed by atoms with E-state index in [2.05, 4.69) is 5.43 Å². The van der Waals surface area contributed by atoms with Crippen LogP contribution in [0.3, 0.4) is 0 Å². The predicted molar refractivity (Wildman–Crippen MR) is 67.0 cm³/mol. The highest BCUT2D eigenvalue weighted by molar-refractivity contribution is 6.60. The van der Waals surface area contributed by atoms with E-state index in [-0.39, 0.29) is 5.91 Å². The largest absolute Gasteiger partial charge is 0.500 e. The van der Waals surface area contributed by atoms with Crippen LogP contribution in [0.2, 0.25) is 6.04 Å². The summed E-state index contributed by atoms with van der Waals surface area (Å²) in [5.74, 6) is 4.83. The van der Waals surface area contributed by atoms with Crippen molar-refractivity contribution < 1.29 is 18.1 Å². The Balaban J connectivity index is 4.27. The third-order valence-electron chi connectivity index (χ3n) is 2.14. The lowest BCUT2D eigenvalue weighted by atomic mass is 10.3. The van der Waals surface area contributed by atoms with Crippen LogP contribution in [0.1, 0.15) is 33.6 Å². The van der Waals surface area contributed by atoms with E-state index in [0.717, 1.165) is 0 Å². The molecule has 7 heteroatoms. The van der Waals surface area contributed by atoms with E-state index in [1.807, 2.05) is 20.8 Å². The van der Waals surface area contributed by atoms with Crippen molar-refractivity contribution in [1.29, 1.82) is 0 Å². The number of rotatable bonds is 10. The zero-order chi connectivity index (χ0) is 13.1. The van der Waals surface area contributed by atoms with Gasteiger partial charge in [-0.3, -0.25) is 10.2 Å². The van der Waals surface area contributed by atoms with Crippen LogP contribution in [0.15, 0.2) is 0 Å². The third kappa shape index (κ3) is 6.74. The van der Waals surface area contributed by atoms with Gasteiger partial charge in [-0.25, -0.2) is 5.84 Å². The fourth-order valence-electron chi connectivity index (χ4n) is 1.54. The van der Waals surface area contributed by atoms with Gasteiger partial charge < -0.3 is 13.3 Å². The van der Waals surface area contributed by atoms with Gasteiger partial charge in [0.2, 0.25) is 5.91 Å². The standard InChI is InChI=1S/C10H24N2O4Si/c1-4-14-17(15-5-2,16-6-3)9-7-8-10(13)12-11/h4-9,11H2,1-3H3,(H,12,13). The molecule has 17 heavy (non-hydrogen) atoms. The summed E-state index contributed by atoms with van der Waals surface area (Å²) in [5, 5.41) is 0. The third-order valence-corrected chi connectivity index (χ3v) is 5.29. The van der Waals surface area contributed by atoms with Crippen LogP contribution in [-0.2, 0) is 18.1 Å². The number of hydrazine groups is 1. The first-order valence-corrected chi connectivity index (χ1v) is 7.98. The van der Waals surface area contributed by atoms with Crippen molar-refractivity contribution in [3.05, 3.63) is 0 Å². The Bertz CT molecular complexity index is 199. The highest BCUT2D eigenvalue weighted by Crippen LogP contribution is 2.19. The van der Waals surface area contributed by atoms with Gasteiger partial charge in [0, 0.05) is 32.3 Å². The average Bonchev–Trinajstić information content (AvgIpc) is 2.30. The summed E-state index contributed by atoms with van der Waals surface area (Å²) in [6.07, 6.45) is 1.01. The van der Waals surface area contributed by atoms with Gasteiger partial charge in [0.15, 0.2) is 0 Å². The molecule has 0 rings (SSSR count). The molecular formula is C10H24N2O4Si. The molecule has 0 unspecified atom stereocenters. The Hall–Kier alpha value is -0.473. The monoisotopic (exact) mass is 264 g/mol. The van der Waals surface area contributed by atoms with Crippen LogP contribution >= 0.6 is 0 Å². The van der Waals surface area contributed by atoms with Crippen LogP contribution in [0, 0.1) is 0 Å². The van der Waals surface area contributed by atoms with Gasteiger partial charge in [-0.15, -0.1) is 0 Å². The summed E-state index contributed by atoms with van der Waals surface area (Å²) < 4.78 is 17.0. The van der Waals surface area contributed by atoms with Crippen LogP contribution in [0.25, 0.3) is 0 Å². The Labute approximate surface area is 104 Å². The first-order valence-electron chi connectivity index (χ1n) is 6.05. The van der Waals surface area contributed by atoms with Gasteiger partial charge in [-0.2, -0.15) is 0 Å².